The minimum Gasteiger partial charge on any atom is -0.410 e. The van der Waals surface area contributed by atoms with Crippen molar-refractivity contribution in [3.05, 3.63) is 30.3 Å². The summed E-state index contributed by atoms with van der Waals surface area (Å²) in [5.41, 5.74) is 0. The summed E-state index contributed by atoms with van der Waals surface area (Å²) in [7, 11) is 0. The zero-order valence-electron chi connectivity index (χ0n) is 10.9. The Morgan fingerprint density at radius 1 is 1.28 bits per heavy atom. The molecule has 0 bridgehead atoms. The summed E-state index contributed by atoms with van der Waals surface area (Å²) >= 11 is 1.92. The van der Waals surface area contributed by atoms with Crippen LogP contribution in [0.25, 0.3) is 0 Å². The Bertz CT molecular complexity index is 406. The van der Waals surface area contributed by atoms with Crippen molar-refractivity contribution in [2.45, 2.75) is 25.0 Å². The molecule has 0 atom stereocenters. The lowest BCUT2D eigenvalue weighted by molar-refractivity contribution is 0.154. The molecule has 1 aliphatic heterocycles. The van der Waals surface area contributed by atoms with Gasteiger partial charge < -0.3 is 9.64 Å². The molecule has 2 rings (SSSR count). The number of benzene rings is 1. The lowest BCUT2D eigenvalue weighted by Gasteiger charge is -2.22. The van der Waals surface area contributed by atoms with E-state index in [4.69, 9.17) is 4.74 Å². The monoisotopic (exact) mass is 265 g/mol. The quantitative estimate of drug-likeness (QED) is 0.779. The molecular formula is C14H19NO2S. The van der Waals surface area contributed by atoms with E-state index in [2.05, 4.69) is 13.8 Å². The number of carbonyl (C=O) groups is 1. The van der Waals surface area contributed by atoms with Crippen molar-refractivity contribution in [1.29, 1.82) is 0 Å². The molecule has 1 aromatic carbocycles. The molecule has 0 N–H and O–H groups in total. The first-order chi connectivity index (χ1) is 8.57. The fourth-order valence-electron chi connectivity index (χ4n) is 1.86. The van der Waals surface area contributed by atoms with E-state index in [9.17, 15) is 4.79 Å². The minimum absolute atomic E-state index is 0.237. The van der Waals surface area contributed by atoms with Crippen LogP contribution in [-0.2, 0) is 0 Å². The van der Waals surface area contributed by atoms with Crippen LogP contribution >= 0.6 is 11.8 Å². The highest BCUT2D eigenvalue weighted by atomic mass is 32.2. The van der Waals surface area contributed by atoms with Crippen LogP contribution in [0.5, 0.6) is 5.75 Å². The Morgan fingerprint density at radius 3 is 2.72 bits per heavy atom. The summed E-state index contributed by atoms with van der Waals surface area (Å²) in [5.74, 6) is 1.58. The van der Waals surface area contributed by atoms with Gasteiger partial charge in [-0.3, -0.25) is 0 Å². The van der Waals surface area contributed by atoms with Crippen LogP contribution in [0.1, 0.15) is 20.3 Å². The highest BCUT2D eigenvalue weighted by molar-refractivity contribution is 8.00. The molecule has 18 heavy (non-hydrogen) atoms. The maximum Gasteiger partial charge on any atom is 0.415 e. The van der Waals surface area contributed by atoms with E-state index in [1.807, 2.05) is 30.0 Å². The number of nitrogens with zero attached hydrogens (tertiary/aromatic N) is 1. The van der Waals surface area contributed by atoms with Crippen LogP contribution in [-0.4, -0.2) is 34.6 Å². The summed E-state index contributed by atoms with van der Waals surface area (Å²) in [6, 6.07) is 9.24. The number of hydrogen-bond acceptors (Lipinski definition) is 3. The number of ether oxygens (including phenoxy) is 1. The van der Waals surface area contributed by atoms with E-state index in [0.29, 0.717) is 5.75 Å². The van der Waals surface area contributed by atoms with Crippen LogP contribution in [0.4, 0.5) is 4.79 Å². The van der Waals surface area contributed by atoms with E-state index in [0.717, 1.165) is 25.3 Å². The predicted molar refractivity (Wildman–Crippen MR) is 75.2 cm³/mol. The molecule has 0 unspecified atom stereocenters. The van der Waals surface area contributed by atoms with Gasteiger partial charge in [0.25, 0.3) is 0 Å². The summed E-state index contributed by atoms with van der Waals surface area (Å²) in [4.78, 5) is 13.8. The molecule has 1 fully saturated rings. The number of thioether (sulfide) groups is 1. The molecule has 0 spiro atoms. The molecule has 4 heteroatoms. The molecule has 1 saturated heterocycles. The molecule has 98 valence electrons. The van der Waals surface area contributed by atoms with Gasteiger partial charge in [0.2, 0.25) is 0 Å². The van der Waals surface area contributed by atoms with Gasteiger partial charge in [0.1, 0.15) is 5.75 Å². The molecule has 1 heterocycles. The van der Waals surface area contributed by atoms with Gasteiger partial charge in [-0.2, -0.15) is 11.8 Å². The summed E-state index contributed by atoms with van der Waals surface area (Å²) < 4.78 is 5.61. The van der Waals surface area contributed by atoms with Gasteiger partial charge in [0.05, 0.1) is 0 Å². The number of para-hydroxylation sites is 1. The van der Waals surface area contributed by atoms with Crippen molar-refractivity contribution in [1.82, 2.24) is 4.90 Å². The highest BCUT2D eigenvalue weighted by Gasteiger charge is 2.26. The van der Waals surface area contributed by atoms with Crippen molar-refractivity contribution in [2.24, 2.45) is 0 Å². The van der Waals surface area contributed by atoms with Crippen LogP contribution in [0, 0.1) is 0 Å². The molecule has 0 saturated carbocycles. The molecule has 0 radical (unpaired) electrons. The SMILES string of the molecule is CC1(C)CCN(C(=O)Oc2ccccc2)CCS1. The summed E-state index contributed by atoms with van der Waals surface area (Å²) in [6.07, 6.45) is 0.765. The second-order valence-electron chi connectivity index (χ2n) is 5.03. The van der Waals surface area contributed by atoms with Crippen LogP contribution in [0.3, 0.4) is 0 Å². The Hall–Kier alpha value is -1.16. The first kappa shape index (κ1) is 13.3. The lowest BCUT2D eigenvalue weighted by atomic mass is 10.1. The van der Waals surface area contributed by atoms with Gasteiger partial charge in [-0.05, 0) is 18.6 Å². The Kier molecular flexibility index (Phi) is 4.17. The highest BCUT2D eigenvalue weighted by Crippen LogP contribution is 2.30. The van der Waals surface area contributed by atoms with Gasteiger partial charge >= 0.3 is 6.09 Å². The number of hydrogen-bond donors (Lipinski definition) is 0. The smallest absolute Gasteiger partial charge is 0.410 e. The van der Waals surface area contributed by atoms with Crippen molar-refractivity contribution < 1.29 is 9.53 Å². The van der Waals surface area contributed by atoms with Crippen LogP contribution in [0.2, 0.25) is 0 Å². The van der Waals surface area contributed by atoms with E-state index < -0.39 is 0 Å². The number of rotatable bonds is 1. The third-order valence-electron chi connectivity index (χ3n) is 3.04. The first-order valence-corrected chi connectivity index (χ1v) is 7.21. The zero-order chi connectivity index (χ0) is 13.0. The lowest BCUT2D eigenvalue weighted by Crippen LogP contribution is -2.35. The van der Waals surface area contributed by atoms with Crippen molar-refractivity contribution in [3.8, 4) is 5.75 Å². The summed E-state index contributed by atoms with van der Waals surface area (Å²) in [6.45, 7) is 5.98. The van der Waals surface area contributed by atoms with E-state index in [-0.39, 0.29) is 10.8 Å². The molecular weight excluding hydrogens is 246 g/mol. The van der Waals surface area contributed by atoms with E-state index in [1.54, 1.807) is 17.0 Å². The molecule has 1 aliphatic rings. The minimum atomic E-state index is -0.237. The Morgan fingerprint density at radius 2 is 2.00 bits per heavy atom. The van der Waals surface area contributed by atoms with Gasteiger partial charge in [0, 0.05) is 23.6 Å². The third kappa shape index (κ3) is 3.67. The summed E-state index contributed by atoms with van der Waals surface area (Å²) in [5, 5.41) is 0. The Balaban J connectivity index is 1.93. The van der Waals surface area contributed by atoms with Gasteiger partial charge in [0.15, 0.2) is 0 Å². The average molecular weight is 265 g/mol. The molecule has 3 nitrogen and oxygen atoms in total. The Labute approximate surface area is 113 Å². The molecule has 1 amide bonds. The molecule has 0 aliphatic carbocycles. The van der Waals surface area contributed by atoms with Crippen molar-refractivity contribution in [2.75, 3.05) is 18.8 Å². The third-order valence-corrected chi connectivity index (χ3v) is 4.42. The first-order valence-electron chi connectivity index (χ1n) is 6.23. The van der Waals surface area contributed by atoms with Crippen molar-refractivity contribution >= 4 is 17.9 Å². The maximum atomic E-state index is 12.0. The molecule has 1 aromatic rings. The van der Waals surface area contributed by atoms with Gasteiger partial charge in [-0.1, -0.05) is 32.0 Å². The van der Waals surface area contributed by atoms with E-state index >= 15 is 0 Å². The fraction of sp³-hybridized carbons (Fsp3) is 0.500. The largest absolute Gasteiger partial charge is 0.415 e. The second-order valence-corrected chi connectivity index (χ2v) is 6.83. The normalized spacial score (nSPS) is 19.1. The number of carbonyl (C=O) groups excluding carboxylic acids is 1. The van der Waals surface area contributed by atoms with Gasteiger partial charge in [-0.15, -0.1) is 0 Å². The topological polar surface area (TPSA) is 29.5 Å². The van der Waals surface area contributed by atoms with Crippen LogP contribution in [0.15, 0.2) is 30.3 Å². The average Bonchev–Trinajstić information content (AvgIpc) is 2.51. The zero-order valence-corrected chi connectivity index (χ0v) is 11.7. The molecule has 0 aromatic heterocycles. The van der Waals surface area contributed by atoms with Crippen molar-refractivity contribution in [3.63, 3.8) is 0 Å². The standard InChI is InChI=1S/C14H19NO2S/c1-14(2)8-9-15(10-11-18-14)13(16)17-12-6-4-3-5-7-12/h3-7H,8-11H2,1-2H3. The van der Waals surface area contributed by atoms with E-state index in [1.165, 1.54) is 0 Å². The number of amides is 1. The fourth-order valence-corrected chi connectivity index (χ4v) is 2.96. The maximum absolute atomic E-state index is 12.0. The van der Waals surface area contributed by atoms with Gasteiger partial charge in [-0.25, -0.2) is 4.79 Å². The second kappa shape index (κ2) is 5.65. The van der Waals surface area contributed by atoms with Crippen LogP contribution < -0.4 is 4.74 Å². The predicted octanol–water partition coefficient (Wildman–Crippen LogP) is 3.40.